The first-order chi connectivity index (χ1) is 12.2. The molecule has 25 heavy (non-hydrogen) atoms. The number of benzene rings is 2. The zero-order valence-electron chi connectivity index (χ0n) is 13.5. The van der Waals surface area contributed by atoms with Gasteiger partial charge in [-0.1, -0.05) is 41.9 Å². The van der Waals surface area contributed by atoms with Crippen LogP contribution >= 0.6 is 11.6 Å². The molecule has 3 aromatic rings. The van der Waals surface area contributed by atoms with Crippen molar-refractivity contribution in [3.63, 3.8) is 0 Å². The topological polar surface area (TPSA) is 39.9 Å². The lowest BCUT2D eigenvalue weighted by Crippen LogP contribution is -2.36. The summed E-state index contributed by atoms with van der Waals surface area (Å²) in [5, 5.41) is 4.95. The Kier molecular flexibility index (Phi) is 4.27. The molecular formula is C19H17ClFN3O. The molecule has 2 aromatic carbocycles. The second kappa shape index (κ2) is 6.58. The average Bonchev–Trinajstić information content (AvgIpc) is 3.27. The van der Waals surface area contributed by atoms with Crippen LogP contribution in [0.5, 0.6) is 0 Å². The molecule has 0 N–H and O–H groups in total. The molecule has 2 heterocycles. The quantitative estimate of drug-likeness (QED) is 0.703. The van der Waals surface area contributed by atoms with E-state index in [9.17, 15) is 4.39 Å². The van der Waals surface area contributed by atoms with Gasteiger partial charge in [-0.25, -0.2) is 14.1 Å². The molecule has 0 aliphatic carbocycles. The van der Waals surface area contributed by atoms with Gasteiger partial charge in [-0.15, -0.1) is 0 Å². The van der Waals surface area contributed by atoms with Gasteiger partial charge in [-0.3, -0.25) is 0 Å². The highest BCUT2D eigenvalue weighted by atomic mass is 35.5. The molecule has 0 bridgehead atoms. The fourth-order valence-corrected chi connectivity index (χ4v) is 3.94. The van der Waals surface area contributed by atoms with Gasteiger partial charge in [-0.05, 0) is 35.7 Å². The van der Waals surface area contributed by atoms with Crippen molar-refractivity contribution in [3.05, 3.63) is 83.2 Å². The van der Waals surface area contributed by atoms with Gasteiger partial charge in [0, 0.05) is 17.5 Å². The Bertz CT molecular complexity index is 853. The van der Waals surface area contributed by atoms with E-state index in [0.29, 0.717) is 18.2 Å². The minimum atomic E-state index is -0.674. The summed E-state index contributed by atoms with van der Waals surface area (Å²) in [7, 11) is 0. The SMILES string of the molecule is Fc1ccc(C2(Cn3cncn3)OCCC2c2ccccc2Cl)cc1. The molecule has 1 saturated heterocycles. The summed E-state index contributed by atoms with van der Waals surface area (Å²) in [6.45, 7) is 1.08. The van der Waals surface area contributed by atoms with Crippen LogP contribution < -0.4 is 0 Å². The minimum Gasteiger partial charge on any atom is -0.368 e. The fourth-order valence-electron chi connectivity index (χ4n) is 3.68. The average molecular weight is 358 g/mol. The summed E-state index contributed by atoms with van der Waals surface area (Å²) < 4.78 is 21.5. The highest BCUT2D eigenvalue weighted by Gasteiger charge is 2.47. The largest absolute Gasteiger partial charge is 0.368 e. The van der Waals surface area contributed by atoms with Crippen LogP contribution in [0.4, 0.5) is 4.39 Å². The molecule has 1 aliphatic heterocycles. The van der Waals surface area contributed by atoms with Crippen LogP contribution in [0.15, 0.2) is 61.2 Å². The Morgan fingerprint density at radius 3 is 2.72 bits per heavy atom. The Morgan fingerprint density at radius 2 is 2.00 bits per heavy atom. The maximum Gasteiger partial charge on any atom is 0.137 e. The van der Waals surface area contributed by atoms with Gasteiger partial charge in [0.15, 0.2) is 0 Å². The van der Waals surface area contributed by atoms with E-state index in [1.165, 1.54) is 18.5 Å². The van der Waals surface area contributed by atoms with E-state index < -0.39 is 5.60 Å². The maximum absolute atomic E-state index is 13.5. The molecule has 128 valence electrons. The molecule has 4 rings (SSSR count). The van der Waals surface area contributed by atoms with Crippen molar-refractivity contribution in [3.8, 4) is 0 Å². The second-order valence-corrected chi connectivity index (χ2v) is 6.61. The molecule has 1 aliphatic rings. The van der Waals surface area contributed by atoms with Crippen molar-refractivity contribution >= 4 is 11.6 Å². The van der Waals surface area contributed by atoms with Crippen molar-refractivity contribution in [2.24, 2.45) is 0 Å². The molecular weight excluding hydrogens is 341 g/mol. The van der Waals surface area contributed by atoms with Crippen LogP contribution in [0.2, 0.25) is 5.02 Å². The summed E-state index contributed by atoms with van der Waals surface area (Å²) >= 11 is 6.48. The maximum atomic E-state index is 13.5. The van der Waals surface area contributed by atoms with Crippen molar-refractivity contribution in [1.82, 2.24) is 14.8 Å². The van der Waals surface area contributed by atoms with E-state index in [1.54, 1.807) is 23.1 Å². The predicted molar refractivity (Wildman–Crippen MR) is 92.9 cm³/mol. The van der Waals surface area contributed by atoms with E-state index in [4.69, 9.17) is 16.3 Å². The molecule has 1 fully saturated rings. The molecule has 0 saturated carbocycles. The minimum absolute atomic E-state index is 0.0378. The number of hydrogen-bond acceptors (Lipinski definition) is 3. The van der Waals surface area contributed by atoms with Crippen LogP contribution in [0.1, 0.15) is 23.5 Å². The zero-order valence-corrected chi connectivity index (χ0v) is 14.2. The van der Waals surface area contributed by atoms with Gasteiger partial charge in [-0.2, -0.15) is 5.10 Å². The first-order valence-corrected chi connectivity index (χ1v) is 8.54. The number of hydrogen-bond donors (Lipinski definition) is 0. The first kappa shape index (κ1) is 16.2. The normalized spacial score (nSPS) is 23.0. The van der Waals surface area contributed by atoms with Crippen LogP contribution in [0.25, 0.3) is 0 Å². The lowest BCUT2D eigenvalue weighted by Gasteiger charge is -2.35. The highest BCUT2D eigenvalue weighted by Crippen LogP contribution is 2.49. The molecule has 1 aromatic heterocycles. The molecule has 4 nitrogen and oxygen atoms in total. The van der Waals surface area contributed by atoms with Crippen molar-refractivity contribution < 1.29 is 9.13 Å². The third-order valence-electron chi connectivity index (χ3n) is 4.81. The van der Waals surface area contributed by atoms with Crippen molar-refractivity contribution in [1.29, 1.82) is 0 Å². The van der Waals surface area contributed by atoms with Gasteiger partial charge in [0.05, 0.1) is 6.54 Å². The number of aromatic nitrogens is 3. The van der Waals surface area contributed by atoms with Crippen LogP contribution in [0, 0.1) is 5.82 Å². The van der Waals surface area contributed by atoms with Crippen LogP contribution in [0.3, 0.4) is 0 Å². The van der Waals surface area contributed by atoms with Gasteiger partial charge >= 0.3 is 0 Å². The van der Waals surface area contributed by atoms with Crippen molar-refractivity contribution in [2.75, 3.05) is 6.61 Å². The lowest BCUT2D eigenvalue weighted by atomic mass is 9.77. The number of ether oxygens (including phenoxy) is 1. The standard InChI is InChI=1S/C19H17ClFN3O/c20-18-4-2-1-3-16(18)17-9-10-25-19(17,11-24-13-22-12-23-24)14-5-7-15(21)8-6-14/h1-8,12-13,17H,9-11H2. The van der Waals surface area contributed by atoms with Crippen LogP contribution in [-0.4, -0.2) is 21.4 Å². The number of nitrogens with zero attached hydrogens (tertiary/aromatic N) is 3. The molecule has 6 heteroatoms. The Labute approximate surface area is 150 Å². The summed E-state index contributed by atoms with van der Waals surface area (Å²) in [5.74, 6) is -0.234. The van der Waals surface area contributed by atoms with Crippen molar-refractivity contribution in [2.45, 2.75) is 24.5 Å². The fraction of sp³-hybridized carbons (Fsp3) is 0.263. The molecule has 0 radical (unpaired) electrons. The Morgan fingerprint density at radius 1 is 1.20 bits per heavy atom. The molecule has 0 amide bonds. The summed E-state index contributed by atoms with van der Waals surface area (Å²) in [5.41, 5.74) is 1.27. The summed E-state index contributed by atoms with van der Waals surface area (Å²) in [6.07, 6.45) is 3.99. The van der Waals surface area contributed by atoms with E-state index >= 15 is 0 Å². The van der Waals surface area contributed by atoms with Gasteiger partial charge in [0.1, 0.15) is 24.1 Å². The smallest absolute Gasteiger partial charge is 0.137 e. The molecule has 2 unspecified atom stereocenters. The summed E-state index contributed by atoms with van der Waals surface area (Å²) in [6, 6.07) is 14.3. The van der Waals surface area contributed by atoms with Gasteiger partial charge < -0.3 is 4.74 Å². The van der Waals surface area contributed by atoms with Gasteiger partial charge in [0.25, 0.3) is 0 Å². The second-order valence-electron chi connectivity index (χ2n) is 6.20. The summed E-state index contributed by atoms with van der Waals surface area (Å²) in [4.78, 5) is 4.03. The molecule has 2 atom stereocenters. The Hall–Kier alpha value is -2.24. The van der Waals surface area contributed by atoms with Gasteiger partial charge in [0.2, 0.25) is 0 Å². The van der Waals surface area contributed by atoms with E-state index in [-0.39, 0.29) is 11.7 Å². The van der Waals surface area contributed by atoms with Crippen LogP contribution in [-0.2, 0) is 16.9 Å². The Balaban J connectivity index is 1.84. The third-order valence-corrected chi connectivity index (χ3v) is 5.15. The monoisotopic (exact) mass is 357 g/mol. The van der Waals surface area contributed by atoms with E-state index in [0.717, 1.165) is 17.5 Å². The zero-order chi connectivity index (χ0) is 17.3. The lowest BCUT2D eigenvalue weighted by molar-refractivity contribution is -0.0273. The third kappa shape index (κ3) is 2.94. The number of halogens is 2. The van der Waals surface area contributed by atoms with E-state index in [2.05, 4.69) is 10.1 Å². The first-order valence-electron chi connectivity index (χ1n) is 8.16. The predicted octanol–water partition coefficient (Wildman–Crippen LogP) is 4.17. The number of rotatable bonds is 4. The highest BCUT2D eigenvalue weighted by molar-refractivity contribution is 6.31. The molecule has 0 spiro atoms. The van der Waals surface area contributed by atoms with E-state index in [1.807, 2.05) is 24.3 Å².